The van der Waals surface area contributed by atoms with Crippen molar-refractivity contribution in [3.8, 4) is 0 Å². The van der Waals surface area contributed by atoms with Crippen molar-refractivity contribution in [2.45, 2.75) is 17.4 Å². The summed E-state index contributed by atoms with van der Waals surface area (Å²) in [5, 5.41) is 2.29. The van der Waals surface area contributed by atoms with Crippen molar-refractivity contribution in [1.29, 1.82) is 0 Å². The van der Waals surface area contributed by atoms with Gasteiger partial charge in [0.1, 0.15) is 5.82 Å². The SMILES string of the molecule is CN1CCN(NC2CCSc3c(F)cccc32)CC1. The largest absolute Gasteiger partial charge is 0.304 e. The van der Waals surface area contributed by atoms with Crippen LogP contribution in [0.3, 0.4) is 0 Å². The van der Waals surface area contributed by atoms with E-state index < -0.39 is 0 Å². The third-order valence-electron chi connectivity index (χ3n) is 3.87. The molecule has 0 aliphatic carbocycles. The molecule has 1 aromatic rings. The number of hydrogen-bond acceptors (Lipinski definition) is 4. The van der Waals surface area contributed by atoms with Crippen LogP contribution in [-0.2, 0) is 0 Å². The Labute approximate surface area is 118 Å². The molecule has 0 amide bonds. The van der Waals surface area contributed by atoms with Gasteiger partial charge >= 0.3 is 0 Å². The highest BCUT2D eigenvalue weighted by molar-refractivity contribution is 7.99. The van der Waals surface area contributed by atoms with Gasteiger partial charge in [0.25, 0.3) is 0 Å². The Balaban J connectivity index is 1.72. The monoisotopic (exact) mass is 281 g/mol. The summed E-state index contributed by atoms with van der Waals surface area (Å²) in [6, 6.07) is 5.69. The highest BCUT2D eigenvalue weighted by Crippen LogP contribution is 2.37. The fourth-order valence-corrected chi connectivity index (χ4v) is 3.82. The van der Waals surface area contributed by atoms with Gasteiger partial charge in [-0.3, -0.25) is 0 Å². The molecule has 0 spiro atoms. The first-order valence-corrected chi connectivity index (χ1v) is 7.83. The number of hydrazine groups is 1. The van der Waals surface area contributed by atoms with Gasteiger partial charge in [0.2, 0.25) is 0 Å². The summed E-state index contributed by atoms with van der Waals surface area (Å²) in [5.74, 6) is 0.909. The van der Waals surface area contributed by atoms with Gasteiger partial charge in [0.15, 0.2) is 0 Å². The van der Waals surface area contributed by atoms with Crippen molar-refractivity contribution in [3.05, 3.63) is 29.6 Å². The first-order chi connectivity index (χ1) is 9.24. The Bertz CT molecular complexity index is 446. The third kappa shape index (κ3) is 2.94. The molecule has 0 bridgehead atoms. The number of nitrogens with one attached hydrogen (secondary N) is 1. The number of halogens is 1. The van der Waals surface area contributed by atoms with Crippen LogP contribution in [0.1, 0.15) is 18.0 Å². The minimum Gasteiger partial charge on any atom is -0.304 e. The molecule has 1 unspecified atom stereocenters. The van der Waals surface area contributed by atoms with E-state index in [1.807, 2.05) is 6.07 Å². The van der Waals surface area contributed by atoms with Crippen LogP contribution < -0.4 is 5.43 Å². The Morgan fingerprint density at radius 1 is 1.26 bits per heavy atom. The van der Waals surface area contributed by atoms with E-state index in [0.29, 0.717) is 0 Å². The average molecular weight is 281 g/mol. The van der Waals surface area contributed by atoms with E-state index >= 15 is 0 Å². The molecule has 3 nitrogen and oxygen atoms in total. The standard InChI is InChI=1S/C14H20FN3S/c1-17-6-8-18(9-7-17)16-13-5-10-19-14-11(13)3-2-4-12(14)15/h2-4,13,16H,5-10H2,1H3. The number of nitrogens with zero attached hydrogens (tertiary/aromatic N) is 2. The second kappa shape index (κ2) is 5.79. The molecule has 104 valence electrons. The van der Waals surface area contributed by atoms with Gasteiger partial charge in [-0.25, -0.2) is 14.8 Å². The number of likely N-dealkylation sites (N-methyl/N-ethyl adjacent to an activating group) is 1. The normalized spacial score (nSPS) is 25.3. The van der Waals surface area contributed by atoms with Crippen LogP contribution in [0.25, 0.3) is 0 Å². The van der Waals surface area contributed by atoms with Crippen LogP contribution in [0.2, 0.25) is 0 Å². The minimum atomic E-state index is -0.0765. The zero-order valence-electron chi connectivity index (χ0n) is 11.2. The van der Waals surface area contributed by atoms with Gasteiger partial charge in [-0.05, 0) is 30.9 Å². The van der Waals surface area contributed by atoms with Crippen LogP contribution >= 0.6 is 11.8 Å². The molecule has 1 atom stereocenters. The Morgan fingerprint density at radius 3 is 2.84 bits per heavy atom. The fourth-order valence-electron chi connectivity index (χ4n) is 2.68. The fraction of sp³-hybridized carbons (Fsp3) is 0.571. The molecule has 3 rings (SSSR count). The van der Waals surface area contributed by atoms with Crippen LogP contribution in [0.4, 0.5) is 4.39 Å². The maximum atomic E-state index is 13.8. The van der Waals surface area contributed by atoms with Gasteiger partial charge in [-0.15, -0.1) is 11.8 Å². The zero-order valence-corrected chi connectivity index (χ0v) is 12.0. The van der Waals surface area contributed by atoms with Gasteiger partial charge in [0.05, 0.1) is 0 Å². The summed E-state index contributed by atoms with van der Waals surface area (Å²) in [5.41, 5.74) is 4.71. The van der Waals surface area contributed by atoms with Crippen molar-refractivity contribution in [2.24, 2.45) is 0 Å². The van der Waals surface area contributed by atoms with E-state index in [9.17, 15) is 4.39 Å². The molecule has 1 fully saturated rings. The molecule has 1 N–H and O–H groups in total. The molecule has 0 radical (unpaired) electrons. The minimum absolute atomic E-state index is 0.0765. The molecular weight excluding hydrogens is 261 g/mol. The van der Waals surface area contributed by atoms with Crippen LogP contribution in [0.5, 0.6) is 0 Å². The summed E-state index contributed by atoms with van der Waals surface area (Å²) in [6.45, 7) is 4.24. The molecule has 1 saturated heterocycles. The quantitative estimate of drug-likeness (QED) is 0.894. The number of piperazine rings is 1. The molecule has 5 heteroatoms. The van der Waals surface area contributed by atoms with Crippen molar-refractivity contribution in [1.82, 2.24) is 15.3 Å². The number of rotatable bonds is 2. The molecule has 1 aromatic carbocycles. The van der Waals surface area contributed by atoms with E-state index in [1.165, 1.54) is 0 Å². The highest BCUT2D eigenvalue weighted by atomic mass is 32.2. The predicted molar refractivity (Wildman–Crippen MR) is 76.7 cm³/mol. The molecule has 2 aliphatic rings. The maximum absolute atomic E-state index is 13.8. The van der Waals surface area contributed by atoms with Gasteiger partial charge in [-0.1, -0.05) is 12.1 Å². The third-order valence-corrected chi connectivity index (χ3v) is 5.03. The van der Waals surface area contributed by atoms with E-state index in [2.05, 4.69) is 28.4 Å². The first-order valence-electron chi connectivity index (χ1n) is 6.85. The number of fused-ring (bicyclic) bond motifs is 1. The summed E-state index contributed by atoms with van der Waals surface area (Å²) in [7, 11) is 2.15. The molecular formula is C14H20FN3S. The second-order valence-corrected chi connectivity index (χ2v) is 6.37. The number of hydrogen-bond donors (Lipinski definition) is 1. The molecule has 0 saturated carbocycles. The van der Waals surface area contributed by atoms with E-state index in [4.69, 9.17) is 0 Å². The average Bonchev–Trinajstić information content (AvgIpc) is 2.43. The lowest BCUT2D eigenvalue weighted by Gasteiger charge is -2.37. The van der Waals surface area contributed by atoms with Gasteiger partial charge < -0.3 is 4.90 Å². The van der Waals surface area contributed by atoms with Crippen LogP contribution in [0.15, 0.2) is 23.1 Å². The van der Waals surface area contributed by atoms with Crippen molar-refractivity contribution in [3.63, 3.8) is 0 Å². The lowest BCUT2D eigenvalue weighted by Crippen LogP contribution is -2.52. The Kier molecular flexibility index (Phi) is 4.07. The molecule has 19 heavy (non-hydrogen) atoms. The van der Waals surface area contributed by atoms with Gasteiger partial charge in [-0.2, -0.15) is 0 Å². The van der Waals surface area contributed by atoms with E-state index in [-0.39, 0.29) is 11.9 Å². The second-order valence-electron chi connectivity index (χ2n) is 5.27. The summed E-state index contributed by atoms with van der Waals surface area (Å²) < 4.78 is 13.8. The van der Waals surface area contributed by atoms with Crippen LogP contribution in [0, 0.1) is 5.82 Å². The Morgan fingerprint density at radius 2 is 2.05 bits per heavy atom. The van der Waals surface area contributed by atoms with Crippen LogP contribution in [-0.4, -0.2) is 48.9 Å². The first kappa shape index (κ1) is 13.4. The molecule has 2 heterocycles. The lowest BCUT2D eigenvalue weighted by atomic mass is 10.0. The summed E-state index contributed by atoms with van der Waals surface area (Å²) >= 11 is 1.64. The van der Waals surface area contributed by atoms with Gasteiger partial charge in [0, 0.05) is 37.1 Å². The number of thioether (sulfide) groups is 1. The van der Waals surface area contributed by atoms with E-state index in [1.54, 1.807) is 17.8 Å². The number of benzene rings is 1. The topological polar surface area (TPSA) is 18.5 Å². The zero-order chi connectivity index (χ0) is 13.2. The predicted octanol–water partition coefficient (Wildman–Crippen LogP) is 2.11. The summed E-state index contributed by atoms with van der Waals surface area (Å²) in [4.78, 5) is 3.17. The Hall–Kier alpha value is -0.620. The van der Waals surface area contributed by atoms with E-state index in [0.717, 1.165) is 48.8 Å². The van der Waals surface area contributed by atoms with Crippen molar-refractivity contribution < 1.29 is 4.39 Å². The van der Waals surface area contributed by atoms with Crippen molar-refractivity contribution >= 4 is 11.8 Å². The molecule has 2 aliphatic heterocycles. The maximum Gasteiger partial charge on any atom is 0.137 e. The lowest BCUT2D eigenvalue weighted by molar-refractivity contribution is 0.0849. The molecule has 0 aromatic heterocycles. The highest BCUT2D eigenvalue weighted by Gasteiger charge is 2.25. The van der Waals surface area contributed by atoms with Crippen molar-refractivity contribution in [2.75, 3.05) is 39.0 Å². The summed E-state index contributed by atoms with van der Waals surface area (Å²) in [6.07, 6.45) is 1.06. The smallest absolute Gasteiger partial charge is 0.137 e.